The summed E-state index contributed by atoms with van der Waals surface area (Å²) < 4.78 is 1.63. The average molecular weight is 270 g/mol. The highest BCUT2D eigenvalue weighted by molar-refractivity contribution is 5.77. The van der Waals surface area contributed by atoms with Gasteiger partial charge in [0.2, 0.25) is 5.91 Å². The maximum absolute atomic E-state index is 11.7. The van der Waals surface area contributed by atoms with Crippen LogP contribution in [0, 0.1) is 0 Å². The highest BCUT2D eigenvalue weighted by Crippen LogP contribution is 1.98. The van der Waals surface area contributed by atoms with Crippen molar-refractivity contribution < 1.29 is 4.79 Å². The fraction of sp³-hybridized carbons (Fsp3) is 0.200. The first-order valence-corrected chi connectivity index (χ1v) is 6.45. The summed E-state index contributed by atoms with van der Waals surface area (Å²) >= 11 is 0. The molecule has 1 aromatic carbocycles. The molecule has 1 aromatic heterocycles. The van der Waals surface area contributed by atoms with Crippen LogP contribution in [0.3, 0.4) is 0 Å². The molecular formula is C15H18N4O. The van der Waals surface area contributed by atoms with E-state index in [4.69, 9.17) is 0 Å². The van der Waals surface area contributed by atoms with E-state index in [9.17, 15) is 4.79 Å². The fourth-order valence-electron chi connectivity index (χ4n) is 1.75. The Bertz CT molecular complexity index is 562. The number of nitrogens with one attached hydrogen (secondary N) is 2. The molecule has 0 fully saturated rings. The van der Waals surface area contributed by atoms with Crippen LogP contribution in [0.25, 0.3) is 6.20 Å². The molecule has 5 nitrogen and oxygen atoms in total. The highest BCUT2D eigenvalue weighted by Gasteiger charge is 2.01. The number of amides is 1. The van der Waals surface area contributed by atoms with Crippen LogP contribution >= 0.6 is 0 Å². The Morgan fingerprint density at radius 1 is 1.25 bits per heavy atom. The van der Waals surface area contributed by atoms with E-state index in [1.54, 1.807) is 17.1 Å². The number of aromatic nitrogens is 2. The Morgan fingerprint density at radius 3 is 2.75 bits per heavy atom. The van der Waals surface area contributed by atoms with Crippen molar-refractivity contribution in [3.05, 3.63) is 60.4 Å². The smallest absolute Gasteiger partial charge is 0.234 e. The van der Waals surface area contributed by atoms with Gasteiger partial charge in [-0.15, -0.1) is 0 Å². The molecule has 5 heteroatoms. The van der Waals surface area contributed by atoms with Gasteiger partial charge in [-0.1, -0.05) is 36.9 Å². The summed E-state index contributed by atoms with van der Waals surface area (Å²) in [6.07, 6.45) is 5.23. The number of benzene rings is 1. The number of carbonyl (C=O) groups excluding carboxylic acids is 1. The number of carbonyl (C=O) groups is 1. The van der Waals surface area contributed by atoms with Crippen molar-refractivity contribution in [1.82, 2.24) is 20.4 Å². The van der Waals surface area contributed by atoms with Gasteiger partial charge in [0.25, 0.3) is 0 Å². The Morgan fingerprint density at radius 2 is 2.05 bits per heavy atom. The summed E-state index contributed by atoms with van der Waals surface area (Å²) in [5, 5.41) is 10.0. The molecule has 0 bridgehead atoms. The zero-order chi connectivity index (χ0) is 14.2. The summed E-state index contributed by atoms with van der Waals surface area (Å²) in [7, 11) is 0. The third-order valence-electron chi connectivity index (χ3n) is 2.79. The monoisotopic (exact) mass is 270 g/mol. The summed E-state index contributed by atoms with van der Waals surface area (Å²) in [4.78, 5) is 11.7. The van der Waals surface area contributed by atoms with Gasteiger partial charge in [0.15, 0.2) is 0 Å². The Hall–Kier alpha value is -2.40. The average Bonchev–Trinajstić information content (AvgIpc) is 2.94. The normalized spacial score (nSPS) is 10.2. The summed E-state index contributed by atoms with van der Waals surface area (Å²) in [5.41, 5.74) is 2.11. The van der Waals surface area contributed by atoms with Crippen LogP contribution in [0.4, 0.5) is 0 Å². The maximum Gasteiger partial charge on any atom is 0.234 e. The van der Waals surface area contributed by atoms with Crippen molar-refractivity contribution in [3.63, 3.8) is 0 Å². The van der Waals surface area contributed by atoms with Crippen molar-refractivity contribution in [2.24, 2.45) is 0 Å². The van der Waals surface area contributed by atoms with E-state index in [2.05, 4.69) is 22.3 Å². The second-order valence-corrected chi connectivity index (χ2v) is 4.38. The van der Waals surface area contributed by atoms with E-state index in [1.165, 1.54) is 0 Å². The van der Waals surface area contributed by atoms with Crippen molar-refractivity contribution in [2.45, 2.75) is 13.1 Å². The van der Waals surface area contributed by atoms with Gasteiger partial charge in [-0.3, -0.25) is 4.79 Å². The third kappa shape index (κ3) is 4.37. The first-order chi connectivity index (χ1) is 9.78. The van der Waals surface area contributed by atoms with Crippen molar-refractivity contribution in [1.29, 1.82) is 0 Å². The molecule has 1 amide bonds. The minimum atomic E-state index is -0.0232. The number of hydrogen-bond acceptors (Lipinski definition) is 3. The Kier molecular flexibility index (Phi) is 5.08. The van der Waals surface area contributed by atoms with E-state index in [1.807, 2.05) is 36.5 Å². The topological polar surface area (TPSA) is 59.0 Å². The molecule has 0 saturated carbocycles. The molecule has 2 aromatic rings. The molecule has 0 unspecified atom stereocenters. The minimum absolute atomic E-state index is 0.0232. The Balaban J connectivity index is 1.66. The summed E-state index contributed by atoms with van der Waals surface area (Å²) in [6.45, 7) is 5.06. The molecule has 0 spiro atoms. The van der Waals surface area contributed by atoms with E-state index < -0.39 is 0 Å². The second kappa shape index (κ2) is 7.25. The molecule has 2 N–H and O–H groups in total. The predicted octanol–water partition coefficient (Wildman–Crippen LogP) is 1.39. The van der Waals surface area contributed by atoms with Crippen molar-refractivity contribution >= 4 is 12.1 Å². The number of rotatable bonds is 7. The van der Waals surface area contributed by atoms with Crippen molar-refractivity contribution in [3.8, 4) is 0 Å². The molecule has 104 valence electrons. The van der Waals surface area contributed by atoms with Crippen LogP contribution < -0.4 is 10.6 Å². The largest absolute Gasteiger partial charge is 0.351 e. The summed E-state index contributed by atoms with van der Waals surface area (Å²) in [6, 6.07) is 9.83. The molecule has 0 aliphatic carbocycles. The zero-order valence-electron chi connectivity index (χ0n) is 11.2. The first-order valence-electron chi connectivity index (χ1n) is 6.45. The van der Waals surface area contributed by atoms with Gasteiger partial charge in [-0.2, -0.15) is 5.10 Å². The lowest BCUT2D eigenvalue weighted by molar-refractivity contribution is -0.120. The van der Waals surface area contributed by atoms with Gasteiger partial charge in [0.1, 0.15) is 0 Å². The minimum Gasteiger partial charge on any atom is -0.351 e. The molecular weight excluding hydrogens is 252 g/mol. The van der Waals surface area contributed by atoms with Crippen LogP contribution in [0.2, 0.25) is 0 Å². The van der Waals surface area contributed by atoms with E-state index in [-0.39, 0.29) is 12.5 Å². The fourth-order valence-corrected chi connectivity index (χ4v) is 1.75. The first kappa shape index (κ1) is 14.0. The number of nitrogens with zero attached hydrogens (tertiary/aromatic N) is 2. The molecule has 0 saturated heterocycles. The van der Waals surface area contributed by atoms with Gasteiger partial charge in [-0.05, 0) is 5.56 Å². The highest BCUT2D eigenvalue weighted by atomic mass is 16.1. The molecule has 0 atom stereocenters. The molecule has 0 aliphatic heterocycles. The van der Waals surface area contributed by atoms with Crippen LogP contribution in [-0.4, -0.2) is 22.2 Å². The van der Waals surface area contributed by atoms with Crippen LogP contribution in [0.5, 0.6) is 0 Å². The van der Waals surface area contributed by atoms with Crippen LogP contribution in [0.1, 0.15) is 11.1 Å². The van der Waals surface area contributed by atoms with Gasteiger partial charge in [0, 0.05) is 31.0 Å². The number of hydrogen-bond donors (Lipinski definition) is 2. The maximum atomic E-state index is 11.7. The van der Waals surface area contributed by atoms with Gasteiger partial charge in [-0.25, -0.2) is 4.68 Å². The quantitative estimate of drug-likeness (QED) is 0.799. The lowest BCUT2D eigenvalue weighted by Crippen LogP contribution is -2.33. The van der Waals surface area contributed by atoms with Gasteiger partial charge in [0.05, 0.1) is 12.7 Å². The standard InChI is InChI=1S/C15H18N4O/c1-2-19-12-14(10-18-19)8-16-11-15(20)17-9-13-6-4-3-5-7-13/h2-7,10,12,16H,1,8-9,11H2,(H,17,20). The van der Waals surface area contributed by atoms with Gasteiger partial charge >= 0.3 is 0 Å². The molecule has 20 heavy (non-hydrogen) atoms. The molecule has 2 rings (SSSR count). The predicted molar refractivity (Wildman–Crippen MR) is 78.6 cm³/mol. The van der Waals surface area contributed by atoms with Crippen LogP contribution in [-0.2, 0) is 17.9 Å². The second-order valence-electron chi connectivity index (χ2n) is 4.38. The zero-order valence-corrected chi connectivity index (χ0v) is 11.2. The van der Waals surface area contributed by atoms with E-state index in [0.717, 1.165) is 11.1 Å². The Labute approximate surface area is 118 Å². The van der Waals surface area contributed by atoms with E-state index >= 15 is 0 Å². The van der Waals surface area contributed by atoms with Crippen molar-refractivity contribution in [2.75, 3.05) is 6.54 Å². The lowest BCUT2D eigenvalue weighted by atomic mass is 10.2. The molecule has 0 aliphatic rings. The van der Waals surface area contributed by atoms with Gasteiger partial charge < -0.3 is 10.6 Å². The third-order valence-corrected chi connectivity index (χ3v) is 2.79. The van der Waals surface area contributed by atoms with Crippen LogP contribution in [0.15, 0.2) is 49.3 Å². The summed E-state index contributed by atoms with van der Waals surface area (Å²) in [5.74, 6) is -0.0232. The van der Waals surface area contributed by atoms with E-state index in [0.29, 0.717) is 13.1 Å². The molecule has 0 radical (unpaired) electrons. The lowest BCUT2D eigenvalue weighted by Gasteiger charge is -2.06. The molecule has 1 heterocycles. The SMILES string of the molecule is C=Cn1cc(CNCC(=O)NCc2ccccc2)cn1.